The van der Waals surface area contributed by atoms with E-state index in [1.165, 1.54) is 22.5 Å². The molecule has 7 nitrogen and oxygen atoms in total. The van der Waals surface area contributed by atoms with E-state index in [0.717, 1.165) is 10.5 Å². The van der Waals surface area contributed by atoms with Crippen molar-refractivity contribution < 1.29 is 24.4 Å². The van der Waals surface area contributed by atoms with Crippen molar-refractivity contribution in [2.24, 2.45) is 0 Å². The van der Waals surface area contributed by atoms with Crippen LogP contribution in [0.4, 0.5) is 4.39 Å². The Morgan fingerprint density at radius 1 is 1.10 bits per heavy atom. The van der Waals surface area contributed by atoms with E-state index in [2.05, 4.69) is 10.3 Å². The molecule has 1 aliphatic heterocycles. The van der Waals surface area contributed by atoms with Crippen LogP contribution in [0.3, 0.4) is 0 Å². The predicted molar refractivity (Wildman–Crippen MR) is 114 cm³/mol. The van der Waals surface area contributed by atoms with Crippen LogP contribution in [0.1, 0.15) is 17.2 Å². The zero-order valence-electron chi connectivity index (χ0n) is 17.1. The Kier molecular flexibility index (Phi) is 6.40. The minimum absolute atomic E-state index is 0.312. The second-order valence-corrected chi connectivity index (χ2v) is 8.85. The lowest BCUT2D eigenvalue weighted by Crippen LogP contribution is -2.55. The van der Waals surface area contributed by atoms with Gasteiger partial charge in [0.2, 0.25) is 0 Å². The van der Waals surface area contributed by atoms with Crippen LogP contribution in [-0.4, -0.2) is 60.7 Å². The monoisotopic (exact) mass is 445 g/mol. The Labute approximate surface area is 183 Å². The van der Waals surface area contributed by atoms with E-state index in [1.807, 2.05) is 31.2 Å². The molecule has 3 N–H and O–H groups in total. The van der Waals surface area contributed by atoms with Crippen molar-refractivity contribution in [2.45, 2.75) is 48.5 Å². The van der Waals surface area contributed by atoms with E-state index >= 15 is 0 Å². The van der Waals surface area contributed by atoms with Gasteiger partial charge in [-0.25, -0.2) is 9.07 Å². The van der Waals surface area contributed by atoms with Crippen LogP contribution < -0.4 is 0 Å². The van der Waals surface area contributed by atoms with Crippen LogP contribution in [0.2, 0.25) is 0 Å². The Hall–Kier alpha value is -2.30. The molecule has 0 spiro atoms. The number of rotatable bonds is 5. The number of aromatic nitrogens is 3. The lowest BCUT2D eigenvalue weighted by atomic mass is 9.97. The van der Waals surface area contributed by atoms with Crippen molar-refractivity contribution >= 4 is 11.8 Å². The highest BCUT2D eigenvalue weighted by Gasteiger charge is 2.46. The number of thioether (sulfide) groups is 1. The van der Waals surface area contributed by atoms with Gasteiger partial charge in [-0.3, -0.25) is 0 Å². The first kappa shape index (κ1) is 21.9. The van der Waals surface area contributed by atoms with Crippen LogP contribution in [0.25, 0.3) is 11.3 Å². The van der Waals surface area contributed by atoms with Gasteiger partial charge in [0, 0.05) is 10.5 Å². The molecule has 5 atom stereocenters. The molecule has 0 aliphatic carbocycles. The van der Waals surface area contributed by atoms with Gasteiger partial charge in [-0.05, 0) is 49.7 Å². The van der Waals surface area contributed by atoms with Crippen molar-refractivity contribution in [3.05, 3.63) is 65.6 Å². The summed E-state index contributed by atoms with van der Waals surface area (Å²) in [5, 5.41) is 39.7. The van der Waals surface area contributed by atoms with Gasteiger partial charge in [0.05, 0.1) is 12.8 Å². The average molecular weight is 446 g/mol. The molecule has 1 aromatic heterocycles. The average Bonchev–Trinajstić information content (AvgIpc) is 3.23. The van der Waals surface area contributed by atoms with Crippen LogP contribution in [0.5, 0.6) is 0 Å². The van der Waals surface area contributed by atoms with Crippen molar-refractivity contribution in [1.82, 2.24) is 15.0 Å². The van der Waals surface area contributed by atoms with Gasteiger partial charge in [0.15, 0.2) is 0 Å². The Balaban J connectivity index is 1.61. The second kappa shape index (κ2) is 9.05. The zero-order chi connectivity index (χ0) is 22.1. The molecule has 164 valence electrons. The maximum Gasteiger partial charge on any atom is 0.136 e. The van der Waals surface area contributed by atoms with E-state index in [1.54, 1.807) is 25.3 Å². The third-order valence-corrected chi connectivity index (χ3v) is 6.56. The molecule has 4 rings (SSSR count). The van der Waals surface area contributed by atoms with Crippen molar-refractivity contribution in [3.63, 3.8) is 0 Å². The summed E-state index contributed by atoms with van der Waals surface area (Å²) in [4.78, 5) is 0.891. The van der Waals surface area contributed by atoms with Crippen LogP contribution in [-0.2, 0) is 4.74 Å². The largest absolute Gasteiger partial charge is 0.394 e. The Morgan fingerprint density at radius 3 is 2.52 bits per heavy atom. The van der Waals surface area contributed by atoms with Crippen molar-refractivity contribution in [3.8, 4) is 11.3 Å². The lowest BCUT2D eigenvalue weighted by molar-refractivity contribution is -0.178. The molecule has 0 unspecified atom stereocenters. The fourth-order valence-electron chi connectivity index (χ4n) is 3.59. The fraction of sp³-hybridized carbons (Fsp3) is 0.364. The zero-order valence-corrected chi connectivity index (χ0v) is 17.9. The number of halogens is 1. The normalized spacial score (nSPS) is 26.2. The number of hydrogen-bond donors (Lipinski definition) is 3. The summed E-state index contributed by atoms with van der Waals surface area (Å²) < 4.78 is 20.8. The molecular weight excluding hydrogens is 421 g/mol. The van der Waals surface area contributed by atoms with Gasteiger partial charge in [-0.15, -0.1) is 5.10 Å². The number of benzene rings is 2. The highest BCUT2D eigenvalue weighted by molar-refractivity contribution is 7.99. The SMILES string of the molecule is Cc1ccc(S[C@@H]2O[C@H](CO)[C@H](O)[C@H](n3cc(-c4ccc(F)c(C)c4)nn3)[C@H]2O)cc1. The highest BCUT2D eigenvalue weighted by atomic mass is 32.2. The summed E-state index contributed by atoms with van der Waals surface area (Å²) >= 11 is 1.31. The molecule has 1 fully saturated rings. The van der Waals surface area contributed by atoms with E-state index in [9.17, 15) is 19.7 Å². The maximum atomic E-state index is 13.6. The summed E-state index contributed by atoms with van der Waals surface area (Å²) in [6.45, 7) is 3.24. The molecule has 9 heteroatoms. The molecule has 0 amide bonds. The first-order chi connectivity index (χ1) is 14.9. The topological polar surface area (TPSA) is 101 Å². The minimum Gasteiger partial charge on any atom is -0.394 e. The summed E-state index contributed by atoms with van der Waals surface area (Å²) in [7, 11) is 0. The Morgan fingerprint density at radius 2 is 1.84 bits per heavy atom. The summed E-state index contributed by atoms with van der Waals surface area (Å²) in [6, 6.07) is 11.5. The van der Waals surface area contributed by atoms with Gasteiger partial charge >= 0.3 is 0 Å². The smallest absolute Gasteiger partial charge is 0.136 e. The molecule has 0 saturated carbocycles. The summed E-state index contributed by atoms with van der Waals surface area (Å²) in [5.41, 5.74) is 2.02. The lowest BCUT2D eigenvalue weighted by Gasteiger charge is -2.41. The van der Waals surface area contributed by atoms with Crippen LogP contribution in [0, 0.1) is 19.7 Å². The van der Waals surface area contributed by atoms with Crippen molar-refractivity contribution in [2.75, 3.05) is 6.61 Å². The van der Waals surface area contributed by atoms with E-state index < -0.39 is 36.4 Å². The standard InChI is InChI=1S/C22H24FN3O4S/c1-12-3-6-15(7-4-12)31-22-21(29)19(20(28)18(11-27)30-22)26-10-17(24-25-26)14-5-8-16(23)13(2)9-14/h3-10,18-22,27-29H,11H2,1-2H3/t18-,19+,20+,21-,22+/m1/s1. The molecular formula is C22H24FN3O4S. The van der Waals surface area contributed by atoms with Gasteiger partial charge in [0.25, 0.3) is 0 Å². The summed E-state index contributed by atoms with van der Waals surface area (Å²) in [6.07, 6.45) is -1.61. The maximum absolute atomic E-state index is 13.6. The molecule has 2 heterocycles. The molecule has 1 saturated heterocycles. The fourth-order valence-corrected chi connectivity index (χ4v) is 4.65. The van der Waals surface area contributed by atoms with Gasteiger partial charge in [-0.1, -0.05) is 34.7 Å². The van der Waals surface area contributed by atoms with Gasteiger partial charge < -0.3 is 20.1 Å². The predicted octanol–water partition coefficient (Wildman–Crippen LogP) is 2.47. The van der Waals surface area contributed by atoms with Gasteiger partial charge in [-0.2, -0.15) is 0 Å². The minimum atomic E-state index is -1.20. The molecule has 2 aromatic carbocycles. The molecule has 31 heavy (non-hydrogen) atoms. The van der Waals surface area contributed by atoms with Gasteiger partial charge in [0.1, 0.15) is 41.3 Å². The summed E-state index contributed by atoms with van der Waals surface area (Å²) in [5.74, 6) is -0.312. The van der Waals surface area contributed by atoms with E-state index in [-0.39, 0.29) is 5.82 Å². The number of ether oxygens (including phenoxy) is 1. The van der Waals surface area contributed by atoms with Crippen molar-refractivity contribution in [1.29, 1.82) is 0 Å². The third-order valence-electron chi connectivity index (χ3n) is 5.39. The third kappa shape index (κ3) is 4.51. The quantitative estimate of drug-likeness (QED) is 0.555. The highest BCUT2D eigenvalue weighted by Crippen LogP contribution is 2.38. The molecule has 0 bridgehead atoms. The van der Waals surface area contributed by atoms with Crippen LogP contribution in [0.15, 0.2) is 53.6 Å². The van der Waals surface area contributed by atoms with Crippen LogP contribution >= 0.6 is 11.8 Å². The number of aryl methyl sites for hydroxylation is 2. The number of nitrogens with zero attached hydrogens (tertiary/aromatic N) is 3. The van der Waals surface area contributed by atoms with E-state index in [0.29, 0.717) is 16.8 Å². The molecule has 0 radical (unpaired) electrons. The number of aliphatic hydroxyl groups excluding tert-OH is 3. The molecule has 3 aromatic rings. The van der Waals surface area contributed by atoms with E-state index in [4.69, 9.17) is 4.74 Å². The first-order valence-electron chi connectivity index (χ1n) is 9.91. The number of hydrogen-bond acceptors (Lipinski definition) is 7. The first-order valence-corrected chi connectivity index (χ1v) is 10.8. The molecule has 1 aliphatic rings. The second-order valence-electron chi connectivity index (χ2n) is 7.68. The Bertz CT molecular complexity index is 1050. The number of aliphatic hydroxyl groups is 3.